The van der Waals surface area contributed by atoms with Crippen molar-refractivity contribution in [1.29, 1.82) is 0 Å². The minimum absolute atomic E-state index is 0.0685. The van der Waals surface area contributed by atoms with Crippen molar-refractivity contribution in [2.24, 2.45) is 56.2 Å². The minimum Gasteiger partial charge on any atom is -0.479 e. The maximum absolute atomic E-state index is 13.6. The van der Waals surface area contributed by atoms with E-state index in [0.29, 0.717) is 32.1 Å². The molecule has 4 saturated carbocycles. The maximum Gasteiger partial charge on any atom is 0.335 e. The number of carbonyl (C=O) groups is 4. The van der Waals surface area contributed by atoms with Crippen LogP contribution in [0.4, 0.5) is 0 Å². The summed E-state index contributed by atoms with van der Waals surface area (Å²) in [4.78, 5) is 53.2. The molecule has 27 nitrogen and oxygen atoms in total. The van der Waals surface area contributed by atoms with Crippen LogP contribution in [-0.2, 0) is 66.5 Å². The quantitative estimate of drug-likeness (QED) is 0.0307. The molecule has 13 N–H and O–H groups in total. The van der Waals surface area contributed by atoms with Crippen LogP contribution in [0.15, 0.2) is 34.9 Å². The zero-order chi connectivity index (χ0) is 68.9. The highest BCUT2D eigenvalue weighted by atomic mass is 16.8. The number of fused-ring (bicyclic) bond motifs is 7. The third-order valence-corrected chi connectivity index (χ3v) is 24.4. The van der Waals surface area contributed by atoms with Crippen molar-refractivity contribution in [1.82, 2.24) is 0 Å². The van der Waals surface area contributed by atoms with Crippen LogP contribution in [0.2, 0.25) is 0 Å². The highest BCUT2D eigenvalue weighted by Crippen LogP contribution is 2.76. The molecule has 4 saturated heterocycles. The number of carboxylic acid groups (broad SMARTS) is 1. The summed E-state index contributed by atoms with van der Waals surface area (Å²) in [5.74, 6) is -5.74. The number of rotatable bonds is 17. The molecule has 5 aliphatic carbocycles. The van der Waals surface area contributed by atoms with Crippen molar-refractivity contribution in [3.8, 4) is 0 Å². The van der Waals surface area contributed by atoms with E-state index in [1.165, 1.54) is 6.92 Å². The lowest BCUT2D eigenvalue weighted by molar-refractivity contribution is -0.386. The molecular formula is C66H102O27. The molecule has 528 valence electrons. The van der Waals surface area contributed by atoms with Gasteiger partial charge in [0.15, 0.2) is 37.2 Å². The van der Waals surface area contributed by atoms with E-state index in [1.807, 2.05) is 34.6 Å². The van der Waals surface area contributed by atoms with E-state index in [0.717, 1.165) is 5.57 Å². The molecule has 0 bridgehead atoms. The molecular weight excluding hydrogens is 1220 g/mol. The lowest BCUT2D eigenvalue weighted by atomic mass is 9.32. The van der Waals surface area contributed by atoms with Crippen LogP contribution in [0, 0.1) is 56.2 Å². The second kappa shape index (κ2) is 27.2. The van der Waals surface area contributed by atoms with Crippen molar-refractivity contribution >= 4 is 23.9 Å². The molecule has 8 fully saturated rings. The fourth-order valence-corrected chi connectivity index (χ4v) is 18.6. The number of hydrogen-bond donors (Lipinski definition) is 13. The summed E-state index contributed by atoms with van der Waals surface area (Å²) in [6.45, 7) is 21.2. The highest BCUT2D eigenvalue weighted by molar-refractivity contribution is 5.88. The van der Waals surface area contributed by atoms with Gasteiger partial charge in [-0.3, -0.25) is 4.79 Å². The second-order valence-corrected chi connectivity index (χ2v) is 29.8. The first-order valence-corrected chi connectivity index (χ1v) is 32.7. The van der Waals surface area contributed by atoms with Gasteiger partial charge in [-0.15, -0.1) is 0 Å². The van der Waals surface area contributed by atoms with Gasteiger partial charge in [0.2, 0.25) is 0 Å². The largest absolute Gasteiger partial charge is 0.479 e. The van der Waals surface area contributed by atoms with E-state index in [9.17, 15) is 85.6 Å². The normalized spacial score (nSPS) is 48.8. The molecule has 27 heteroatoms. The summed E-state index contributed by atoms with van der Waals surface area (Å²) in [6.07, 6.45) is -29.8. The lowest BCUT2D eigenvalue weighted by Crippen LogP contribution is -2.75. The van der Waals surface area contributed by atoms with Gasteiger partial charge in [0.05, 0.1) is 55.8 Å². The minimum atomic E-state index is -2.15. The second-order valence-electron chi connectivity index (χ2n) is 29.8. The third kappa shape index (κ3) is 12.2. The molecule has 31 atom stereocenters. The zero-order valence-electron chi connectivity index (χ0n) is 55.4. The summed E-state index contributed by atoms with van der Waals surface area (Å²) in [5.41, 5.74) is -4.59. The SMILES string of the molecule is C/C=C(/C)C(=O)O[C@@H]1C(O)[C@H](C[C@H]2[C@H](OC(C)=O)[C@@]3(CO)C(CC2(C)C)C2=CCC4[C@@]5(C)CC[C@H](O[C@@H]6OC(C(=O)O)[C@@H](O)[C@@H](O[C@@H]7O[C@@H](CO)[C@@H](O)C7O)C6O[C@@H]6OC(CO)[C@H](O)[C@@H](O)C6O)C(C)(C)C5CC[C@@]4(C)[C@]2(C)[C@@H](O)[C@H]3O)OC(C)[C@@H]1OC(=O)/C(C)=C\C. The van der Waals surface area contributed by atoms with Crippen LogP contribution in [0.5, 0.6) is 0 Å². The van der Waals surface area contributed by atoms with Gasteiger partial charge in [0, 0.05) is 29.4 Å². The molecule has 0 spiro atoms. The number of ether oxygens (including phenoxy) is 10. The standard InChI is InChI=1S/C66H102O27/c1-14-27(3)56(82)89-47-29(5)84-34(42(73)48(47)90-57(83)28(4)15-2)22-32-54(85-30(6)70)66(26-69)33(23-61(32,7)8)31-16-17-38-63(11)20-19-39(62(9,10)37(63)18-21-64(38,12)65(31,13)52(78)53(66)79)88-60-51(93-59-45(76)43(74)40(71)35(24-67)86-59)49(46(77)50(92-60)55(80)81)91-58-44(75)41(72)36(25-68)87-58/h14-16,29,32-54,58-60,67-69,71-79H,17-26H2,1-13H3,(H,80,81)/b27-14-,28-15-/t29?,32-,33?,34-,35?,36-,37?,38?,39-,40-,41+,42?,43+,44?,45?,46-,47-,48+,49+,50?,51?,52-,53+,54-,58-,59-,60+,63-,64+,65-,66-/m0/s1. The molecule has 0 amide bonds. The maximum atomic E-state index is 13.6. The summed E-state index contributed by atoms with van der Waals surface area (Å²) in [5, 5.41) is 148. The van der Waals surface area contributed by atoms with E-state index in [2.05, 4.69) is 19.9 Å². The van der Waals surface area contributed by atoms with Crippen molar-refractivity contribution in [2.45, 2.75) is 276 Å². The average molecular weight is 1330 g/mol. The first kappa shape index (κ1) is 73.6. The predicted molar refractivity (Wildman–Crippen MR) is 321 cm³/mol. The van der Waals surface area contributed by atoms with Crippen LogP contribution < -0.4 is 0 Å². The number of allylic oxidation sites excluding steroid dienone is 3. The Morgan fingerprint density at radius 1 is 0.602 bits per heavy atom. The van der Waals surface area contributed by atoms with E-state index in [4.69, 9.17) is 47.4 Å². The molecule has 0 radical (unpaired) electrons. The topological polar surface area (TPSA) is 424 Å². The van der Waals surface area contributed by atoms with Crippen LogP contribution in [0.25, 0.3) is 0 Å². The number of carboxylic acids is 1. The number of hydrogen-bond acceptors (Lipinski definition) is 26. The summed E-state index contributed by atoms with van der Waals surface area (Å²) in [7, 11) is 0. The molecule has 0 aromatic heterocycles. The molecule has 0 aromatic carbocycles. The first-order valence-electron chi connectivity index (χ1n) is 32.7. The van der Waals surface area contributed by atoms with Crippen molar-refractivity contribution in [3.63, 3.8) is 0 Å². The van der Waals surface area contributed by atoms with Crippen LogP contribution in [-0.4, -0.2) is 251 Å². The zero-order valence-corrected chi connectivity index (χ0v) is 55.4. The summed E-state index contributed by atoms with van der Waals surface area (Å²) in [6, 6.07) is 0. The van der Waals surface area contributed by atoms with E-state index in [-0.39, 0.29) is 35.8 Å². The van der Waals surface area contributed by atoms with Gasteiger partial charge in [0.25, 0.3) is 0 Å². The van der Waals surface area contributed by atoms with Gasteiger partial charge in [-0.05, 0) is 119 Å². The Morgan fingerprint density at radius 2 is 1.16 bits per heavy atom. The van der Waals surface area contributed by atoms with Gasteiger partial charge in [-0.2, -0.15) is 0 Å². The molecule has 9 rings (SSSR count). The Bertz CT molecular complexity index is 2820. The fourth-order valence-electron chi connectivity index (χ4n) is 18.6. The fraction of sp³-hybridized carbons (Fsp3) is 0.848. The van der Waals surface area contributed by atoms with Gasteiger partial charge < -0.3 is 114 Å². The van der Waals surface area contributed by atoms with Crippen LogP contribution >= 0.6 is 0 Å². The highest BCUT2D eigenvalue weighted by Gasteiger charge is 2.76. The van der Waals surface area contributed by atoms with E-state index >= 15 is 0 Å². The van der Waals surface area contributed by atoms with Gasteiger partial charge in [0.1, 0.15) is 73.2 Å². The molecule has 0 aromatic rings. The van der Waals surface area contributed by atoms with Crippen molar-refractivity contribution in [2.75, 3.05) is 19.8 Å². The Balaban J connectivity index is 1.03. The van der Waals surface area contributed by atoms with Crippen molar-refractivity contribution < 1.29 is 133 Å². The number of carbonyl (C=O) groups excluding carboxylic acids is 3. The van der Waals surface area contributed by atoms with Gasteiger partial charge in [-0.25, -0.2) is 14.4 Å². The molecule has 10 unspecified atom stereocenters. The number of aliphatic hydroxyl groups is 12. The monoisotopic (exact) mass is 1330 g/mol. The van der Waals surface area contributed by atoms with Gasteiger partial charge in [-0.1, -0.05) is 72.3 Å². The third-order valence-electron chi connectivity index (χ3n) is 24.4. The van der Waals surface area contributed by atoms with Crippen molar-refractivity contribution in [3.05, 3.63) is 34.9 Å². The van der Waals surface area contributed by atoms with Crippen LogP contribution in [0.1, 0.15) is 135 Å². The molecule has 93 heavy (non-hydrogen) atoms. The van der Waals surface area contributed by atoms with Crippen LogP contribution in [0.3, 0.4) is 0 Å². The summed E-state index contributed by atoms with van der Waals surface area (Å²) >= 11 is 0. The molecule has 9 aliphatic rings. The summed E-state index contributed by atoms with van der Waals surface area (Å²) < 4.78 is 61.3. The number of esters is 3. The average Bonchev–Trinajstić information content (AvgIpc) is 0.901. The Morgan fingerprint density at radius 3 is 1.71 bits per heavy atom. The predicted octanol–water partition coefficient (Wildman–Crippen LogP) is 0.349. The number of aliphatic hydroxyl groups excluding tert-OH is 12. The smallest absolute Gasteiger partial charge is 0.335 e. The molecule has 4 aliphatic heterocycles. The first-order chi connectivity index (χ1) is 43.4. The van der Waals surface area contributed by atoms with E-state index in [1.54, 1.807) is 46.8 Å². The Kier molecular flexibility index (Phi) is 21.5. The number of aliphatic carboxylic acids is 1. The Hall–Kier alpha value is -3.66. The molecule has 4 heterocycles. The van der Waals surface area contributed by atoms with Gasteiger partial charge >= 0.3 is 23.9 Å². The Labute approximate surface area is 541 Å². The lowest BCUT2D eigenvalue weighted by Gasteiger charge is -2.73. The van der Waals surface area contributed by atoms with E-state index < -0.39 is 229 Å².